The van der Waals surface area contributed by atoms with Crippen LogP contribution in [0.3, 0.4) is 0 Å². The Morgan fingerprint density at radius 3 is 2.50 bits per heavy atom. The third-order valence-corrected chi connectivity index (χ3v) is 3.23. The molecule has 4 nitrogen and oxygen atoms in total. The third-order valence-electron chi connectivity index (χ3n) is 3.23. The van der Waals surface area contributed by atoms with Crippen LogP contribution >= 0.6 is 0 Å². The lowest BCUT2D eigenvalue weighted by Gasteiger charge is -2.36. The van der Waals surface area contributed by atoms with E-state index in [1.54, 1.807) is 0 Å². The van der Waals surface area contributed by atoms with E-state index in [2.05, 4.69) is 4.74 Å². The van der Waals surface area contributed by atoms with Gasteiger partial charge >= 0.3 is 11.9 Å². The van der Waals surface area contributed by atoms with E-state index in [1.807, 2.05) is 6.92 Å². The normalized spacial score (nSPS) is 32.3. The van der Waals surface area contributed by atoms with Gasteiger partial charge in [-0.1, -0.05) is 19.8 Å². The molecule has 0 radical (unpaired) electrons. The molecule has 2 atom stereocenters. The van der Waals surface area contributed by atoms with Gasteiger partial charge in [-0.25, -0.2) is 0 Å². The summed E-state index contributed by atoms with van der Waals surface area (Å²) in [7, 11) is 1.24. The SMILES string of the molecule is COC(=O)C1(C(=O)O)CCCCC1C. The van der Waals surface area contributed by atoms with Crippen LogP contribution in [0, 0.1) is 11.3 Å². The van der Waals surface area contributed by atoms with Crippen LogP contribution in [-0.4, -0.2) is 24.2 Å². The Bertz CT molecular complexity index is 249. The van der Waals surface area contributed by atoms with Crippen molar-refractivity contribution in [3.05, 3.63) is 0 Å². The highest BCUT2D eigenvalue weighted by Gasteiger charge is 2.52. The highest BCUT2D eigenvalue weighted by atomic mass is 16.5. The van der Waals surface area contributed by atoms with Crippen molar-refractivity contribution >= 4 is 11.9 Å². The van der Waals surface area contributed by atoms with Crippen molar-refractivity contribution in [3.8, 4) is 0 Å². The first-order chi connectivity index (χ1) is 6.55. The number of ether oxygens (including phenoxy) is 1. The van der Waals surface area contributed by atoms with Gasteiger partial charge in [0, 0.05) is 0 Å². The number of aliphatic carboxylic acids is 1. The van der Waals surface area contributed by atoms with E-state index >= 15 is 0 Å². The summed E-state index contributed by atoms with van der Waals surface area (Å²) in [5, 5.41) is 9.16. The summed E-state index contributed by atoms with van der Waals surface area (Å²) < 4.78 is 4.61. The van der Waals surface area contributed by atoms with Crippen molar-refractivity contribution in [2.24, 2.45) is 11.3 Å². The molecule has 14 heavy (non-hydrogen) atoms. The fourth-order valence-electron chi connectivity index (χ4n) is 2.24. The molecule has 0 saturated heterocycles. The van der Waals surface area contributed by atoms with Crippen LogP contribution in [0.1, 0.15) is 32.6 Å². The number of hydrogen-bond donors (Lipinski definition) is 1. The zero-order chi connectivity index (χ0) is 10.8. The summed E-state index contributed by atoms with van der Waals surface area (Å²) in [6, 6.07) is 0. The number of methoxy groups -OCH3 is 1. The minimum atomic E-state index is -1.30. The van der Waals surface area contributed by atoms with Gasteiger partial charge in [0.25, 0.3) is 0 Å². The second-order valence-corrected chi connectivity index (χ2v) is 3.91. The first-order valence-corrected chi connectivity index (χ1v) is 4.87. The molecule has 1 aliphatic carbocycles. The summed E-state index contributed by atoms with van der Waals surface area (Å²) in [4.78, 5) is 22.7. The zero-order valence-corrected chi connectivity index (χ0v) is 8.58. The van der Waals surface area contributed by atoms with Gasteiger partial charge in [0.2, 0.25) is 0 Å². The number of rotatable bonds is 2. The van der Waals surface area contributed by atoms with Crippen molar-refractivity contribution in [2.75, 3.05) is 7.11 Å². The Morgan fingerprint density at radius 2 is 2.07 bits per heavy atom. The highest BCUT2D eigenvalue weighted by molar-refractivity contribution is 5.99. The summed E-state index contributed by atoms with van der Waals surface area (Å²) >= 11 is 0. The van der Waals surface area contributed by atoms with E-state index in [-0.39, 0.29) is 5.92 Å². The van der Waals surface area contributed by atoms with Crippen molar-refractivity contribution < 1.29 is 19.4 Å². The molecule has 1 N–H and O–H groups in total. The van der Waals surface area contributed by atoms with E-state index in [0.29, 0.717) is 6.42 Å². The predicted octanol–water partition coefficient (Wildman–Crippen LogP) is 1.44. The molecule has 1 fully saturated rings. The van der Waals surface area contributed by atoms with Crippen molar-refractivity contribution in [3.63, 3.8) is 0 Å². The van der Waals surface area contributed by atoms with Crippen LogP contribution in [0.15, 0.2) is 0 Å². The Labute approximate surface area is 83.2 Å². The molecule has 0 aliphatic heterocycles. The summed E-state index contributed by atoms with van der Waals surface area (Å²) in [5.41, 5.74) is -1.30. The van der Waals surface area contributed by atoms with Gasteiger partial charge < -0.3 is 9.84 Å². The Hall–Kier alpha value is -1.06. The molecule has 2 unspecified atom stereocenters. The Kier molecular flexibility index (Phi) is 3.13. The topological polar surface area (TPSA) is 63.6 Å². The zero-order valence-electron chi connectivity index (χ0n) is 8.58. The molecule has 0 aromatic heterocycles. The van der Waals surface area contributed by atoms with Crippen molar-refractivity contribution in [2.45, 2.75) is 32.6 Å². The number of carboxylic acids is 1. The average Bonchev–Trinajstić information content (AvgIpc) is 2.17. The summed E-state index contributed by atoms with van der Waals surface area (Å²) in [6.45, 7) is 1.81. The van der Waals surface area contributed by atoms with Crippen LogP contribution < -0.4 is 0 Å². The number of carboxylic acid groups (broad SMARTS) is 1. The fourth-order valence-corrected chi connectivity index (χ4v) is 2.24. The molecule has 1 aliphatic rings. The molecule has 0 amide bonds. The first-order valence-electron chi connectivity index (χ1n) is 4.87. The largest absolute Gasteiger partial charge is 0.480 e. The number of carbonyl (C=O) groups excluding carboxylic acids is 1. The molecule has 1 rings (SSSR count). The standard InChI is InChI=1S/C10H16O4/c1-7-5-3-4-6-10(7,8(11)12)9(13)14-2/h7H,3-6H2,1-2H3,(H,11,12). The van der Waals surface area contributed by atoms with Gasteiger partial charge in [-0.15, -0.1) is 0 Å². The van der Waals surface area contributed by atoms with E-state index in [4.69, 9.17) is 5.11 Å². The van der Waals surface area contributed by atoms with Gasteiger partial charge in [-0.3, -0.25) is 9.59 Å². The van der Waals surface area contributed by atoms with Crippen LogP contribution in [0.4, 0.5) is 0 Å². The maximum atomic E-state index is 11.5. The van der Waals surface area contributed by atoms with E-state index in [1.165, 1.54) is 7.11 Å². The third kappa shape index (κ3) is 1.49. The predicted molar refractivity (Wildman–Crippen MR) is 49.7 cm³/mol. The van der Waals surface area contributed by atoms with Gasteiger partial charge in [0.05, 0.1) is 7.11 Å². The summed E-state index contributed by atoms with van der Waals surface area (Å²) in [6.07, 6.45) is 2.95. The van der Waals surface area contributed by atoms with Crippen LogP contribution in [0.5, 0.6) is 0 Å². The quantitative estimate of drug-likeness (QED) is 0.541. The van der Waals surface area contributed by atoms with Gasteiger partial charge in [0.1, 0.15) is 0 Å². The van der Waals surface area contributed by atoms with Gasteiger partial charge in [0.15, 0.2) is 5.41 Å². The molecule has 0 spiro atoms. The second kappa shape index (κ2) is 3.98. The maximum absolute atomic E-state index is 11.5. The molecular weight excluding hydrogens is 184 g/mol. The lowest BCUT2D eigenvalue weighted by atomic mass is 9.67. The van der Waals surface area contributed by atoms with Crippen LogP contribution in [-0.2, 0) is 14.3 Å². The molecule has 0 bridgehead atoms. The second-order valence-electron chi connectivity index (χ2n) is 3.91. The van der Waals surface area contributed by atoms with Gasteiger partial charge in [-0.05, 0) is 18.8 Å². The first kappa shape index (κ1) is 11.0. The number of hydrogen-bond acceptors (Lipinski definition) is 3. The van der Waals surface area contributed by atoms with Crippen LogP contribution in [0.25, 0.3) is 0 Å². The summed E-state index contributed by atoms with van der Waals surface area (Å²) in [5.74, 6) is -1.78. The molecule has 0 aromatic rings. The van der Waals surface area contributed by atoms with E-state index in [9.17, 15) is 9.59 Å². The van der Waals surface area contributed by atoms with E-state index in [0.717, 1.165) is 19.3 Å². The molecule has 0 aromatic carbocycles. The molecule has 80 valence electrons. The number of esters is 1. The van der Waals surface area contributed by atoms with E-state index < -0.39 is 17.4 Å². The molecule has 0 heterocycles. The smallest absolute Gasteiger partial charge is 0.323 e. The fraction of sp³-hybridized carbons (Fsp3) is 0.800. The maximum Gasteiger partial charge on any atom is 0.323 e. The minimum Gasteiger partial charge on any atom is -0.480 e. The average molecular weight is 200 g/mol. The Morgan fingerprint density at radius 1 is 1.43 bits per heavy atom. The van der Waals surface area contributed by atoms with Crippen molar-refractivity contribution in [1.29, 1.82) is 0 Å². The highest BCUT2D eigenvalue weighted by Crippen LogP contribution is 2.42. The lowest BCUT2D eigenvalue weighted by Crippen LogP contribution is -2.47. The van der Waals surface area contributed by atoms with Crippen molar-refractivity contribution in [1.82, 2.24) is 0 Å². The number of carbonyl (C=O) groups is 2. The lowest BCUT2D eigenvalue weighted by molar-refractivity contribution is -0.173. The van der Waals surface area contributed by atoms with Gasteiger partial charge in [-0.2, -0.15) is 0 Å². The monoisotopic (exact) mass is 200 g/mol. The van der Waals surface area contributed by atoms with Crippen LogP contribution in [0.2, 0.25) is 0 Å². The minimum absolute atomic E-state index is 0.138. The molecular formula is C10H16O4. The molecule has 4 heteroatoms. The molecule has 1 saturated carbocycles. The Balaban J connectivity index is 3.01.